The number of nitrogens with zero attached hydrogens (tertiary/aromatic N) is 2. The molecular weight excluding hydrogens is 274 g/mol. The zero-order chi connectivity index (χ0) is 15.0. The predicted molar refractivity (Wildman–Crippen MR) is 86.6 cm³/mol. The van der Waals surface area contributed by atoms with Crippen LogP contribution in [-0.2, 0) is 5.75 Å². The third-order valence-electron chi connectivity index (χ3n) is 3.27. The summed E-state index contributed by atoms with van der Waals surface area (Å²) in [6.07, 6.45) is 0. The summed E-state index contributed by atoms with van der Waals surface area (Å²) >= 11 is 1.81. The second-order valence-corrected chi connectivity index (χ2v) is 5.53. The molecule has 5 nitrogen and oxygen atoms in total. The molecule has 0 saturated carbocycles. The Balaban J connectivity index is 2.57. The van der Waals surface area contributed by atoms with Gasteiger partial charge in [0.15, 0.2) is 0 Å². The number of thioether (sulfide) groups is 1. The molecule has 0 unspecified atom stereocenters. The van der Waals surface area contributed by atoms with Gasteiger partial charge >= 0.3 is 0 Å². The van der Waals surface area contributed by atoms with E-state index in [4.69, 9.17) is 0 Å². The zero-order valence-corrected chi connectivity index (χ0v) is 13.2. The first-order valence-corrected chi connectivity index (χ1v) is 8.03. The minimum absolute atomic E-state index is 0.156. The van der Waals surface area contributed by atoms with Gasteiger partial charge in [-0.15, -0.1) is 0 Å². The third kappa shape index (κ3) is 5.02. The number of non-ortho nitro benzene ring substituents is 1. The molecule has 0 fully saturated rings. The van der Waals surface area contributed by atoms with Gasteiger partial charge in [0, 0.05) is 42.9 Å². The Morgan fingerprint density at radius 2 is 2.05 bits per heavy atom. The molecule has 6 heteroatoms. The molecule has 0 spiro atoms. The van der Waals surface area contributed by atoms with E-state index in [-0.39, 0.29) is 10.6 Å². The maximum absolute atomic E-state index is 10.8. The third-order valence-corrected chi connectivity index (χ3v) is 4.26. The van der Waals surface area contributed by atoms with Gasteiger partial charge < -0.3 is 10.2 Å². The number of benzene rings is 1. The molecule has 0 aromatic heterocycles. The average molecular weight is 297 g/mol. The molecule has 112 valence electrons. The van der Waals surface area contributed by atoms with Crippen molar-refractivity contribution in [2.75, 3.05) is 37.8 Å². The fourth-order valence-corrected chi connectivity index (χ4v) is 2.96. The highest BCUT2D eigenvalue weighted by Gasteiger charge is 2.10. The van der Waals surface area contributed by atoms with Crippen LogP contribution in [0.15, 0.2) is 18.2 Å². The van der Waals surface area contributed by atoms with Crippen LogP contribution in [-0.4, -0.2) is 42.3 Å². The van der Waals surface area contributed by atoms with Gasteiger partial charge in [-0.25, -0.2) is 0 Å². The molecule has 0 heterocycles. The van der Waals surface area contributed by atoms with Gasteiger partial charge in [-0.05, 0) is 24.7 Å². The van der Waals surface area contributed by atoms with E-state index in [1.54, 1.807) is 12.1 Å². The van der Waals surface area contributed by atoms with Gasteiger partial charge in [-0.1, -0.05) is 13.8 Å². The first-order valence-electron chi connectivity index (χ1n) is 6.87. The molecule has 0 aliphatic rings. The lowest BCUT2D eigenvalue weighted by atomic mass is 10.2. The number of nitrogens with one attached hydrogen (secondary N) is 1. The van der Waals surface area contributed by atoms with Crippen molar-refractivity contribution in [1.82, 2.24) is 4.90 Å². The van der Waals surface area contributed by atoms with Crippen molar-refractivity contribution in [3.63, 3.8) is 0 Å². The van der Waals surface area contributed by atoms with Crippen LogP contribution in [0.25, 0.3) is 0 Å². The maximum Gasteiger partial charge on any atom is 0.269 e. The van der Waals surface area contributed by atoms with Gasteiger partial charge in [-0.2, -0.15) is 11.8 Å². The quantitative estimate of drug-likeness (QED) is 0.431. The van der Waals surface area contributed by atoms with Crippen molar-refractivity contribution in [2.45, 2.75) is 19.6 Å². The normalized spacial score (nSPS) is 10.8. The molecular formula is C14H23N3O2S. The van der Waals surface area contributed by atoms with E-state index in [1.165, 1.54) is 6.07 Å². The Bertz CT molecular complexity index is 436. The summed E-state index contributed by atoms with van der Waals surface area (Å²) in [7, 11) is 1.84. The van der Waals surface area contributed by atoms with E-state index in [9.17, 15) is 10.1 Å². The summed E-state index contributed by atoms with van der Waals surface area (Å²) < 4.78 is 0. The second-order valence-electron chi connectivity index (χ2n) is 4.43. The summed E-state index contributed by atoms with van der Waals surface area (Å²) in [5, 5.41) is 13.9. The number of hydrogen-bond donors (Lipinski definition) is 1. The minimum atomic E-state index is -0.344. The lowest BCUT2D eigenvalue weighted by Crippen LogP contribution is -2.25. The smallest absolute Gasteiger partial charge is 0.269 e. The molecule has 0 amide bonds. The van der Waals surface area contributed by atoms with Crippen LogP contribution in [0.1, 0.15) is 19.4 Å². The van der Waals surface area contributed by atoms with Crippen LogP contribution in [0.5, 0.6) is 0 Å². The molecule has 0 radical (unpaired) electrons. The van der Waals surface area contributed by atoms with Gasteiger partial charge in [0.2, 0.25) is 0 Å². The topological polar surface area (TPSA) is 58.4 Å². The van der Waals surface area contributed by atoms with E-state index in [1.807, 2.05) is 18.8 Å². The highest BCUT2D eigenvalue weighted by molar-refractivity contribution is 7.98. The molecule has 0 bridgehead atoms. The van der Waals surface area contributed by atoms with E-state index < -0.39 is 0 Å². The number of nitro benzene ring substituents is 1. The van der Waals surface area contributed by atoms with Crippen LogP contribution in [0, 0.1) is 10.1 Å². The molecule has 1 aromatic rings. The highest BCUT2D eigenvalue weighted by atomic mass is 32.2. The number of nitro groups is 1. The Hall–Kier alpha value is -1.27. The average Bonchev–Trinajstić information content (AvgIpc) is 2.47. The number of rotatable bonds is 9. The summed E-state index contributed by atoms with van der Waals surface area (Å²) in [5.74, 6) is 1.83. The first kappa shape index (κ1) is 16.8. The Morgan fingerprint density at radius 3 is 2.60 bits per heavy atom. The van der Waals surface area contributed by atoms with Crippen LogP contribution < -0.4 is 5.32 Å². The molecule has 0 atom stereocenters. The molecule has 20 heavy (non-hydrogen) atoms. The Morgan fingerprint density at radius 1 is 1.35 bits per heavy atom. The lowest BCUT2D eigenvalue weighted by molar-refractivity contribution is -0.384. The number of anilines is 1. The Kier molecular flexibility index (Phi) is 7.40. The van der Waals surface area contributed by atoms with E-state index >= 15 is 0 Å². The van der Waals surface area contributed by atoms with Crippen molar-refractivity contribution in [2.24, 2.45) is 0 Å². The first-order chi connectivity index (χ1) is 9.62. The second kappa shape index (κ2) is 8.81. The molecule has 0 saturated heterocycles. The van der Waals surface area contributed by atoms with Crippen molar-refractivity contribution in [3.8, 4) is 0 Å². The fourth-order valence-electron chi connectivity index (χ4n) is 1.97. The Labute approximate surface area is 124 Å². The van der Waals surface area contributed by atoms with Gasteiger partial charge in [-0.3, -0.25) is 10.1 Å². The largest absolute Gasteiger partial charge is 0.388 e. The van der Waals surface area contributed by atoms with Gasteiger partial charge in [0.25, 0.3) is 5.69 Å². The summed E-state index contributed by atoms with van der Waals surface area (Å²) in [6, 6.07) is 4.98. The van der Waals surface area contributed by atoms with Crippen molar-refractivity contribution >= 4 is 23.1 Å². The predicted octanol–water partition coefficient (Wildman–Crippen LogP) is 3.21. The minimum Gasteiger partial charge on any atom is -0.388 e. The SMILES string of the molecule is CCN(CC)CCSCc1cc([N+](=O)[O-])ccc1NC. The van der Waals surface area contributed by atoms with Gasteiger partial charge in [0.1, 0.15) is 0 Å². The van der Waals surface area contributed by atoms with E-state index in [0.29, 0.717) is 0 Å². The molecule has 1 rings (SSSR count). The van der Waals surface area contributed by atoms with Crippen molar-refractivity contribution < 1.29 is 4.92 Å². The van der Waals surface area contributed by atoms with Crippen LogP contribution >= 0.6 is 11.8 Å². The molecule has 1 aromatic carbocycles. The molecule has 0 aliphatic carbocycles. The maximum atomic E-state index is 10.8. The summed E-state index contributed by atoms with van der Waals surface area (Å²) in [4.78, 5) is 12.9. The van der Waals surface area contributed by atoms with Crippen molar-refractivity contribution in [3.05, 3.63) is 33.9 Å². The van der Waals surface area contributed by atoms with E-state index in [2.05, 4.69) is 24.1 Å². The molecule has 0 aliphatic heterocycles. The van der Waals surface area contributed by atoms with Crippen LogP contribution in [0.3, 0.4) is 0 Å². The summed E-state index contributed by atoms with van der Waals surface area (Å²) in [6.45, 7) is 7.51. The number of hydrogen-bond acceptors (Lipinski definition) is 5. The van der Waals surface area contributed by atoms with Crippen LogP contribution in [0.2, 0.25) is 0 Å². The fraction of sp³-hybridized carbons (Fsp3) is 0.571. The van der Waals surface area contributed by atoms with E-state index in [0.717, 1.165) is 42.4 Å². The van der Waals surface area contributed by atoms with Gasteiger partial charge in [0.05, 0.1) is 4.92 Å². The highest BCUT2D eigenvalue weighted by Crippen LogP contribution is 2.25. The standard InChI is InChI=1S/C14H23N3O2S/c1-4-16(5-2)8-9-20-11-12-10-13(17(18)19)6-7-14(12)15-3/h6-7,10,15H,4-5,8-9,11H2,1-3H3. The monoisotopic (exact) mass is 297 g/mol. The van der Waals surface area contributed by atoms with Crippen LogP contribution in [0.4, 0.5) is 11.4 Å². The molecule has 1 N–H and O–H groups in total. The lowest BCUT2D eigenvalue weighted by Gasteiger charge is -2.17. The van der Waals surface area contributed by atoms with Crippen molar-refractivity contribution in [1.29, 1.82) is 0 Å². The summed E-state index contributed by atoms with van der Waals surface area (Å²) in [5.41, 5.74) is 2.11. The zero-order valence-electron chi connectivity index (χ0n) is 12.4.